The molecular formula is C18H27NO2. The van der Waals surface area contributed by atoms with Crippen LogP contribution >= 0.6 is 0 Å². The smallest absolute Gasteiger partial charge is 0.260 e. The molecule has 2 rings (SSSR count). The van der Waals surface area contributed by atoms with Crippen molar-refractivity contribution in [3.8, 4) is 5.75 Å². The van der Waals surface area contributed by atoms with E-state index in [4.69, 9.17) is 4.74 Å². The number of rotatable bonds is 4. The monoisotopic (exact) mass is 289 g/mol. The van der Waals surface area contributed by atoms with E-state index in [0.29, 0.717) is 6.04 Å². The maximum absolute atomic E-state index is 12.3. The van der Waals surface area contributed by atoms with E-state index in [0.717, 1.165) is 24.2 Å². The molecule has 0 unspecified atom stereocenters. The molecule has 1 atom stereocenters. The molecule has 0 saturated heterocycles. The van der Waals surface area contributed by atoms with E-state index in [-0.39, 0.29) is 5.91 Å². The van der Waals surface area contributed by atoms with Gasteiger partial charge in [-0.1, -0.05) is 37.8 Å². The first kappa shape index (κ1) is 15.9. The molecule has 1 fully saturated rings. The van der Waals surface area contributed by atoms with Crippen LogP contribution in [0, 0.1) is 13.8 Å². The van der Waals surface area contributed by atoms with Crippen LogP contribution in [0.25, 0.3) is 0 Å². The molecule has 1 aromatic carbocycles. The molecule has 3 nitrogen and oxygen atoms in total. The van der Waals surface area contributed by atoms with Gasteiger partial charge in [0.15, 0.2) is 6.10 Å². The molecule has 21 heavy (non-hydrogen) atoms. The number of amides is 1. The number of aryl methyl sites for hydroxylation is 1. The number of benzene rings is 1. The van der Waals surface area contributed by atoms with Crippen molar-refractivity contribution < 1.29 is 9.53 Å². The second kappa shape index (κ2) is 7.48. The molecule has 116 valence electrons. The fraction of sp³-hybridized carbons (Fsp3) is 0.611. The lowest BCUT2D eigenvalue weighted by molar-refractivity contribution is -0.128. The molecule has 1 N–H and O–H groups in total. The number of ether oxygens (including phenoxy) is 1. The first-order valence-electron chi connectivity index (χ1n) is 8.11. The third-order valence-corrected chi connectivity index (χ3v) is 4.43. The van der Waals surface area contributed by atoms with Crippen molar-refractivity contribution in [2.75, 3.05) is 0 Å². The van der Waals surface area contributed by atoms with Gasteiger partial charge in [-0.05, 0) is 50.8 Å². The van der Waals surface area contributed by atoms with Gasteiger partial charge in [0, 0.05) is 6.04 Å². The molecule has 3 heteroatoms. The highest BCUT2D eigenvalue weighted by Crippen LogP contribution is 2.22. The van der Waals surface area contributed by atoms with Crippen LogP contribution in [0.4, 0.5) is 0 Å². The standard InChI is InChI=1S/C18H27NO2/c1-13-9-8-12-17(14(13)2)21-15(3)18(20)19-16-10-6-4-5-7-11-16/h8-9,12,15-16H,4-7,10-11H2,1-3H3,(H,19,20)/t15-/m0/s1. The summed E-state index contributed by atoms with van der Waals surface area (Å²) in [6, 6.07) is 6.27. The first-order valence-corrected chi connectivity index (χ1v) is 8.11. The number of nitrogens with one attached hydrogen (secondary N) is 1. The number of hydrogen-bond acceptors (Lipinski definition) is 2. The fourth-order valence-corrected chi connectivity index (χ4v) is 2.84. The molecule has 1 aliphatic carbocycles. The van der Waals surface area contributed by atoms with E-state index < -0.39 is 6.10 Å². The Morgan fingerprint density at radius 1 is 1.19 bits per heavy atom. The zero-order valence-corrected chi connectivity index (χ0v) is 13.4. The highest BCUT2D eigenvalue weighted by Gasteiger charge is 2.20. The Labute approximate surface area is 128 Å². The summed E-state index contributed by atoms with van der Waals surface area (Å²) in [6.45, 7) is 5.91. The minimum atomic E-state index is -0.450. The van der Waals surface area contributed by atoms with Gasteiger partial charge >= 0.3 is 0 Å². The topological polar surface area (TPSA) is 38.3 Å². The number of hydrogen-bond donors (Lipinski definition) is 1. The van der Waals surface area contributed by atoms with Crippen LogP contribution in [0.1, 0.15) is 56.6 Å². The third kappa shape index (κ3) is 4.48. The molecule has 0 bridgehead atoms. The maximum Gasteiger partial charge on any atom is 0.260 e. The van der Waals surface area contributed by atoms with Crippen molar-refractivity contribution in [3.05, 3.63) is 29.3 Å². The van der Waals surface area contributed by atoms with Gasteiger partial charge in [0.2, 0.25) is 0 Å². The molecular weight excluding hydrogens is 262 g/mol. The van der Waals surface area contributed by atoms with Crippen molar-refractivity contribution in [1.82, 2.24) is 5.32 Å². The Kier molecular flexibility index (Phi) is 5.66. The Morgan fingerprint density at radius 2 is 1.86 bits per heavy atom. The minimum Gasteiger partial charge on any atom is -0.481 e. The SMILES string of the molecule is Cc1cccc(O[C@@H](C)C(=O)NC2CCCCCC2)c1C. The first-order chi connectivity index (χ1) is 10.1. The summed E-state index contributed by atoms with van der Waals surface area (Å²) < 4.78 is 5.85. The zero-order chi connectivity index (χ0) is 15.2. The molecule has 0 aliphatic heterocycles. The normalized spacial score (nSPS) is 17.9. The summed E-state index contributed by atoms with van der Waals surface area (Å²) >= 11 is 0. The summed E-state index contributed by atoms with van der Waals surface area (Å²) in [5.74, 6) is 0.807. The predicted octanol–water partition coefficient (Wildman–Crippen LogP) is 3.91. The van der Waals surface area contributed by atoms with Crippen molar-refractivity contribution in [1.29, 1.82) is 0 Å². The molecule has 1 amide bonds. The van der Waals surface area contributed by atoms with Crippen LogP contribution in [0.3, 0.4) is 0 Å². The Hall–Kier alpha value is -1.51. The molecule has 1 aliphatic rings. The van der Waals surface area contributed by atoms with Crippen LogP contribution in [0.15, 0.2) is 18.2 Å². The predicted molar refractivity (Wildman–Crippen MR) is 85.6 cm³/mol. The zero-order valence-electron chi connectivity index (χ0n) is 13.4. The average Bonchev–Trinajstić information content (AvgIpc) is 2.72. The van der Waals surface area contributed by atoms with Crippen LogP contribution in [0.2, 0.25) is 0 Å². The minimum absolute atomic E-state index is 0.00260. The van der Waals surface area contributed by atoms with E-state index in [1.807, 2.05) is 26.0 Å². The number of carbonyl (C=O) groups is 1. The quantitative estimate of drug-likeness (QED) is 0.853. The molecule has 0 heterocycles. The fourth-order valence-electron chi connectivity index (χ4n) is 2.84. The van der Waals surface area contributed by atoms with E-state index in [1.54, 1.807) is 0 Å². The largest absolute Gasteiger partial charge is 0.481 e. The molecule has 1 saturated carbocycles. The summed E-state index contributed by atoms with van der Waals surface area (Å²) in [7, 11) is 0. The van der Waals surface area contributed by atoms with Crippen molar-refractivity contribution in [3.63, 3.8) is 0 Å². The number of carbonyl (C=O) groups excluding carboxylic acids is 1. The summed E-state index contributed by atoms with van der Waals surface area (Å²) in [4.78, 5) is 12.3. The van der Waals surface area contributed by atoms with Gasteiger partial charge in [-0.3, -0.25) is 4.79 Å². The van der Waals surface area contributed by atoms with E-state index in [9.17, 15) is 4.79 Å². The second-order valence-electron chi connectivity index (χ2n) is 6.16. The summed E-state index contributed by atoms with van der Waals surface area (Å²) in [5, 5.41) is 3.15. The summed E-state index contributed by atoms with van der Waals surface area (Å²) in [6.07, 6.45) is 6.77. The molecule has 0 radical (unpaired) electrons. The molecule has 0 spiro atoms. The Balaban J connectivity index is 1.91. The highest BCUT2D eigenvalue weighted by atomic mass is 16.5. The van der Waals surface area contributed by atoms with Crippen LogP contribution in [0.5, 0.6) is 5.75 Å². The van der Waals surface area contributed by atoms with Gasteiger partial charge in [0.1, 0.15) is 5.75 Å². The van der Waals surface area contributed by atoms with E-state index in [2.05, 4.69) is 18.3 Å². The van der Waals surface area contributed by atoms with Gasteiger partial charge in [-0.25, -0.2) is 0 Å². The summed E-state index contributed by atoms with van der Waals surface area (Å²) in [5.41, 5.74) is 2.29. The van der Waals surface area contributed by atoms with Gasteiger partial charge in [0.05, 0.1) is 0 Å². The van der Waals surface area contributed by atoms with Crippen LogP contribution < -0.4 is 10.1 Å². The van der Waals surface area contributed by atoms with Crippen molar-refractivity contribution >= 4 is 5.91 Å². The Morgan fingerprint density at radius 3 is 2.52 bits per heavy atom. The lowest BCUT2D eigenvalue weighted by atomic mass is 10.1. The van der Waals surface area contributed by atoms with Gasteiger partial charge in [0.25, 0.3) is 5.91 Å². The third-order valence-electron chi connectivity index (χ3n) is 4.43. The van der Waals surface area contributed by atoms with Crippen LogP contribution in [-0.2, 0) is 4.79 Å². The van der Waals surface area contributed by atoms with E-state index >= 15 is 0 Å². The molecule has 1 aromatic rings. The van der Waals surface area contributed by atoms with Gasteiger partial charge < -0.3 is 10.1 Å². The lowest BCUT2D eigenvalue weighted by Crippen LogP contribution is -2.42. The highest BCUT2D eigenvalue weighted by molar-refractivity contribution is 5.81. The maximum atomic E-state index is 12.3. The average molecular weight is 289 g/mol. The van der Waals surface area contributed by atoms with E-state index in [1.165, 1.54) is 31.2 Å². The van der Waals surface area contributed by atoms with Gasteiger partial charge in [-0.2, -0.15) is 0 Å². The van der Waals surface area contributed by atoms with Crippen molar-refractivity contribution in [2.24, 2.45) is 0 Å². The Bertz CT molecular complexity index is 476. The van der Waals surface area contributed by atoms with Crippen LogP contribution in [-0.4, -0.2) is 18.1 Å². The molecule has 0 aromatic heterocycles. The van der Waals surface area contributed by atoms with Crippen molar-refractivity contribution in [2.45, 2.75) is 71.4 Å². The lowest BCUT2D eigenvalue weighted by Gasteiger charge is -2.21. The van der Waals surface area contributed by atoms with Gasteiger partial charge in [-0.15, -0.1) is 0 Å². The second-order valence-corrected chi connectivity index (χ2v) is 6.16.